The summed E-state index contributed by atoms with van der Waals surface area (Å²) in [6.07, 6.45) is -0.847. The third kappa shape index (κ3) is 2.13. The molecule has 11 heavy (non-hydrogen) atoms. The number of aliphatic hydroxyl groups excluding tert-OH is 1. The first-order chi connectivity index (χ1) is 5.05. The lowest BCUT2D eigenvalue weighted by atomic mass is 10.2. The highest BCUT2D eigenvalue weighted by molar-refractivity contribution is 7.91. The number of hydroxylamine groups is 1. The maximum absolute atomic E-state index is 10.9. The Balaban J connectivity index is 2.59. The molecule has 5 nitrogen and oxygen atoms in total. The highest BCUT2D eigenvalue weighted by Gasteiger charge is 2.36. The lowest BCUT2D eigenvalue weighted by Crippen LogP contribution is -2.37. The SMILES string of the molecule is CONC1CS(=O)(=O)CC1O. The molecule has 1 aliphatic heterocycles. The fraction of sp³-hybridized carbons (Fsp3) is 1.00. The quantitative estimate of drug-likeness (QED) is 0.496. The van der Waals surface area contributed by atoms with Crippen LogP contribution in [0.15, 0.2) is 0 Å². The summed E-state index contributed by atoms with van der Waals surface area (Å²) in [5.74, 6) is -0.226. The molecule has 0 amide bonds. The van der Waals surface area contributed by atoms with Crippen LogP contribution < -0.4 is 5.48 Å². The van der Waals surface area contributed by atoms with Crippen molar-refractivity contribution >= 4 is 9.84 Å². The van der Waals surface area contributed by atoms with Crippen molar-refractivity contribution in [2.45, 2.75) is 12.1 Å². The van der Waals surface area contributed by atoms with E-state index in [0.29, 0.717) is 0 Å². The second kappa shape index (κ2) is 3.06. The van der Waals surface area contributed by atoms with Crippen molar-refractivity contribution in [2.75, 3.05) is 18.6 Å². The van der Waals surface area contributed by atoms with Crippen molar-refractivity contribution in [3.63, 3.8) is 0 Å². The van der Waals surface area contributed by atoms with Crippen LogP contribution in [0.3, 0.4) is 0 Å². The molecule has 0 aliphatic carbocycles. The molecule has 1 fully saturated rings. The first-order valence-electron chi connectivity index (χ1n) is 3.22. The highest BCUT2D eigenvalue weighted by atomic mass is 32.2. The molecule has 0 radical (unpaired) electrons. The van der Waals surface area contributed by atoms with Crippen LogP contribution >= 0.6 is 0 Å². The average Bonchev–Trinajstić information content (AvgIpc) is 2.07. The fourth-order valence-electron chi connectivity index (χ4n) is 1.09. The monoisotopic (exact) mass is 181 g/mol. The summed E-state index contributed by atoms with van der Waals surface area (Å²) in [5.41, 5.74) is 2.42. The van der Waals surface area contributed by atoms with Crippen molar-refractivity contribution in [3.05, 3.63) is 0 Å². The van der Waals surface area contributed by atoms with Gasteiger partial charge in [0.1, 0.15) is 0 Å². The van der Waals surface area contributed by atoms with Crippen LogP contribution in [0.5, 0.6) is 0 Å². The molecule has 0 saturated carbocycles. The number of nitrogens with one attached hydrogen (secondary N) is 1. The van der Waals surface area contributed by atoms with Crippen molar-refractivity contribution in [2.24, 2.45) is 0 Å². The summed E-state index contributed by atoms with van der Waals surface area (Å²) in [6, 6.07) is -0.481. The maximum atomic E-state index is 10.9. The molecule has 6 heteroatoms. The molecule has 0 aromatic rings. The molecule has 0 bridgehead atoms. The molecule has 1 heterocycles. The summed E-state index contributed by atoms with van der Waals surface area (Å²) in [6.45, 7) is 0. The van der Waals surface area contributed by atoms with E-state index in [9.17, 15) is 8.42 Å². The van der Waals surface area contributed by atoms with Gasteiger partial charge in [-0.05, 0) is 0 Å². The molecule has 2 atom stereocenters. The zero-order valence-electron chi connectivity index (χ0n) is 6.15. The predicted octanol–water partition coefficient (Wildman–Crippen LogP) is -1.70. The summed E-state index contributed by atoms with van der Waals surface area (Å²) in [5, 5.41) is 9.13. The Morgan fingerprint density at radius 3 is 2.55 bits per heavy atom. The second-order valence-corrected chi connectivity index (χ2v) is 4.73. The van der Waals surface area contributed by atoms with Gasteiger partial charge < -0.3 is 9.94 Å². The minimum Gasteiger partial charge on any atom is -0.390 e. The van der Waals surface area contributed by atoms with E-state index in [4.69, 9.17) is 5.11 Å². The van der Waals surface area contributed by atoms with Crippen molar-refractivity contribution in [1.82, 2.24) is 5.48 Å². The van der Waals surface area contributed by atoms with Gasteiger partial charge in [0, 0.05) is 0 Å². The maximum Gasteiger partial charge on any atom is 0.154 e. The van der Waals surface area contributed by atoms with Gasteiger partial charge in [-0.25, -0.2) is 8.42 Å². The van der Waals surface area contributed by atoms with Crippen LogP contribution in [0.1, 0.15) is 0 Å². The Bertz CT molecular complexity index is 225. The largest absolute Gasteiger partial charge is 0.390 e. The van der Waals surface area contributed by atoms with E-state index in [-0.39, 0.29) is 11.5 Å². The van der Waals surface area contributed by atoms with Crippen LogP contribution in [-0.2, 0) is 14.7 Å². The minimum absolute atomic E-state index is 0.0536. The van der Waals surface area contributed by atoms with Crippen molar-refractivity contribution < 1.29 is 18.4 Å². The predicted molar refractivity (Wildman–Crippen MR) is 38.6 cm³/mol. The molecule has 2 unspecified atom stereocenters. The van der Waals surface area contributed by atoms with Gasteiger partial charge in [-0.3, -0.25) is 0 Å². The van der Waals surface area contributed by atoms with Crippen LogP contribution in [-0.4, -0.2) is 44.3 Å². The van der Waals surface area contributed by atoms with Crippen LogP contribution in [0, 0.1) is 0 Å². The normalized spacial score (nSPS) is 35.8. The fourth-order valence-corrected chi connectivity index (χ4v) is 2.82. The van der Waals surface area contributed by atoms with Gasteiger partial charge in [0.2, 0.25) is 0 Å². The standard InChI is InChI=1S/C5H11NO4S/c1-10-6-4-2-11(8,9)3-5(4)7/h4-7H,2-3H2,1H3. The zero-order chi connectivity index (χ0) is 8.48. The van der Waals surface area contributed by atoms with E-state index in [1.54, 1.807) is 0 Å². The molecule has 1 rings (SSSR count). The molecular formula is C5H11NO4S. The molecule has 1 saturated heterocycles. The molecule has 0 aromatic heterocycles. The van der Waals surface area contributed by atoms with E-state index in [1.165, 1.54) is 7.11 Å². The minimum atomic E-state index is -3.06. The van der Waals surface area contributed by atoms with Crippen LogP contribution in [0.25, 0.3) is 0 Å². The number of aliphatic hydroxyl groups is 1. The second-order valence-electron chi connectivity index (χ2n) is 2.57. The zero-order valence-corrected chi connectivity index (χ0v) is 6.97. The average molecular weight is 181 g/mol. The van der Waals surface area contributed by atoms with Crippen LogP contribution in [0.2, 0.25) is 0 Å². The number of sulfone groups is 1. The summed E-state index contributed by atoms with van der Waals surface area (Å²) in [4.78, 5) is 4.52. The first-order valence-corrected chi connectivity index (χ1v) is 5.04. The summed E-state index contributed by atoms with van der Waals surface area (Å²) in [7, 11) is -1.67. The lowest BCUT2D eigenvalue weighted by Gasteiger charge is -2.11. The molecular weight excluding hydrogens is 170 g/mol. The van der Waals surface area contributed by atoms with Crippen LogP contribution in [0.4, 0.5) is 0 Å². The van der Waals surface area contributed by atoms with Gasteiger partial charge in [0.15, 0.2) is 9.84 Å². The molecule has 0 aromatic carbocycles. The van der Waals surface area contributed by atoms with Gasteiger partial charge in [0.05, 0.1) is 30.8 Å². The Morgan fingerprint density at radius 2 is 2.18 bits per heavy atom. The summed E-state index contributed by atoms with van der Waals surface area (Å²) < 4.78 is 21.7. The number of hydrogen-bond donors (Lipinski definition) is 2. The third-order valence-corrected chi connectivity index (χ3v) is 3.31. The van der Waals surface area contributed by atoms with E-state index in [1.807, 2.05) is 0 Å². The molecule has 66 valence electrons. The Labute approximate surface area is 65.2 Å². The number of rotatable bonds is 2. The van der Waals surface area contributed by atoms with E-state index < -0.39 is 22.0 Å². The van der Waals surface area contributed by atoms with Gasteiger partial charge in [-0.2, -0.15) is 5.48 Å². The third-order valence-electron chi connectivity index (χ3n) is 1.59. The Morgan fingerprint density at radius 1 is 1.55 bits per heavy atom. The topological polar surface area (TPSA) is 75.6 Å². The molecule has 0 spiro atoms. The first kappa shape index (κ1) is 8.92. The Hall–Kier alpha value is -0.170. The molecule has 2 N–H and O–H groups in total. The molecule has 1 aliphatic rings. The van der Waals surface area contributed by atoms with Gasteiger partial charge in [-0.1, -0.05) is 0 Å². The summed E-state index contributed by atoms with van der Waals surface area (Å²) >= 11 is 0. The van der Waals surface area contributed by atoms with E-state index >= 15 is 0 Å². The van der Waals surface area contributed by atoms with Crippen molar-refractivity contribution in [1.29, 1.82) is 0 Å². The van der Waals surface area contributed by atoms with Crippen molar-refractivity contribution in [3.8, 4) is 0 Å². The number of hydrogen-bond acceptors (Lipinski definition) is 5. The lowest BCUT2D eigenvalue weighted by molar-refractivity contribution is 0.0261. The smallest absolute Gasteiger partial charge is 0.154 e. The van der Waals surface area contributed by atoms with Gasteiger partial charge >= 0.3 is 0 Å². The highest BCUT2D eigenvalue weighted by Crippen LogP contribution is 2.11. The Kier molecular flexibility index (Phi) is 2.48. The van der Waals surface area contributed by atoms with Gasteiger partial charge in [-0.15, -0.1) is 0 Å². The van der Waals surface area contributed by atoms with E-state index in [2.05, 4.69) is 10.3 Å². The van der Waals surface area contributed by atoms with Gasteiger partial charge in [0.25, 0.3) is 0 Å². The van der Waals surface area contributed by atoms with E-state index in [0.717, 1.165) is 0 Å².